The van der Waals surface area contributed by atoms with Gasteiger partial charge in [-0.05, 0) is 25.3 Å². The summed E-state index contributed by atoms with van der Waals surface area (Å²) in [6, 6.07) is 8.04. The molecule has 0 spiro atoms. The number of hydrogen-bond acceptors (Lipinski definition) is 2. The quantitative estimate of drug-likeness (QED) is 0.644. The van der Waals surface area contributed by atoms with Crippen molar-refractivity contribution in [2.75, 3.05) is 0 Å². The molecular weight excluding hydrogens is 224 g/mol. The highest BCUT2D eigenvalue weighted by atomic mass is 16.2. The van der Waals surface area contributed by atoms with E-state index in [2.05, 4.69) is 10.5 Å². The van der Waals surface area contributed by atoms with E-state index >= 15 is 0 Å². The highest BCUT2D eigenvalue weighted by molar-refractivity contribution is 5.83. The maximum absolute atomic E-state index is 11.8. The van der Waals surface area contributed by atoms with Crippen LogP contribution in [0.4, 0.5) is 0 Å². The van der Waals surface area contributed by atoms with Crippen LogP contribution in [0.15, 0.2) is 29.4 Å². The molecule has 0 unspecified atom stereocenters. The van der Waals surface area contributed by atoms with E-state index in [1.165, 1.54) is 24.8 Å². The first-order chi connectivity index (χ1) is 8.75. The molecule has 1 fully saturated rings. The normalized spacial score (nSPS) is 16.9. The lowest BCUT2D eigenvalue weighted by atomic mass is 9.89. The van der Waals surface area contributed by atoms with Gasteiger partial charge in [-0.25, -0.2) is 5.43 Å². The van der Waals surface area contributed by atoms with Gasteiger partial charge in [0.1, 0.15) is 0 Å². The number of rotatable bonds is 3. The smallest absolute Gasteiger partial charge is 0.243 e. The van der Waals surface area contributed by atoms with Crippen LogP contribution in [0.3, 0.4) is 0 Å². The van der Waals surface area contributed by atoms with Gasteiger partial charge >= 0.3 is 0 Å². The SMILES string of the molecule is Cc1cccc(C=NNC(=O)C2CCCCC2)c1. The van der Waals surface area contributed by atoms with Crippen LogP contribution in [0.5, 0.6) is 0 Å². The molecule has 0 radical (unpaired) electrons. The topological polar surface area (TPSA) is 41.5 Å². The number of nitrogens with one attached hydrogen (secondary N) is 1. The summed E-state index contributed by atoms with van der Waals surface area (Å²) in [5, 5.41) is 4.03. The molecule has 0 atom stereocenters. The molecule has 3 heteroatoms. The highest BCUT2D eigenvalue weighted by Crippen LogP contribution is 2.23. The second kappa shape index (κ2) is 6.34. The summed E-state index contributed by atoms with van der Waals surface area (Å²) in [7, 11) is 0. The Morgan fingerprint density at radius 2 is 2.11 bits per heavy atom. The third kappa shape index (κ3) is 3.69. The first-order valence-corrected chi connectivity index (χ1v) is 6.65. The molecule has 18 heavy (non-hydrogen) atoms. The molecular formula is C15H20N2O. The lowest BCUT2D eigenvalue weighted by Gasteiger charge is -2.19. The average Bonchev–Trinajstić information content (AvgIpc) is 2.40. The van der Waals surface area contributed by atoms with E-state index < -0.39 is 0 Å². The van der Waals surface area contributed by atoms with Crippen molar-refractivity contribution in [1.82, 2.24) is 5.43 Å². The summed E-state index contributed by atoms with van der Waals surface area (Å²) in [6.07, 6.45) is 7.31. The Kier molecular flexibility index (Phi) is 4.51. The van der Waals surface area contributed by atoms with Crippen LogP contribution in [-0.4, -0.2) is 12.1 Å². The van der Waals surface area contributed by atoms with Gasteiger partial charge in [0.2, 0.25) is 5.91 Å². The zero-order valence-electron chi connectivity index (χ0n) is 10.9. The van der Waals surface area contributed by atoms with E-state index in [9.17, 15) is 4.79 Å². The third-order valence-corrected chi connectivity index (χ3v) is 3.41. The summed E-state index contributed by atoms with van der Waals surface area (Å²) < 4.78 is 0. The summed E-state index contributed by atoms with van der Waals surface area (Å²) in [5.41, 5.74) is 4.86. The Morgan fingerprint density at radius 3 is 2.83 bits per heavy atom. The van der Waals surface area contributed by atoms with Gasteiger partial charge in [0.05, 0.1) is 6.21 Å². The average molecular weight is 244 g/mol. The highest BCUT2D eigenvalue weighted by Gasteiger charge is 2.20. The van der Waals surface area contributed by atoms with Crippen molar-refractivity contribution in [1.29, 1.82) is 0 Å². The second-order valence-electron chi connectivity index (χ2n) is 4.98. The summed E-state index contributed by atoms with van der Waals surface area (Å²) in [5.74, 6) is 0.229. The summed E-state index contributed by atoms with van der Waals surface area (Å²) in [6.45, 7) is 2.04. The van der Waals surface area contributed by atoms with E-state index in [1.54, 1.807) is 6.21 Å². The van der Waals surface area contributed by atoms with Crippen LogP contribution in [-0.2, 0) is 4.79 Å². The molecule has 1 aromatic carbocycles. The predicted octanol–water partition coefficient (Wildman–Crippen LogP) is 3.03. The number of aryl methyl sites for hydroxylation is 1. The molecule has 1 amide bonds. The minimum absolute atomic E-state index is 0.0682. The third-order valence-electron chi connectivity index (χ3n) is 3.41. The fraction of sp³-hybridized carbons (Fsp3) is 0.467. The predicted molar refractivity (Wildman–Crippen MR) is 73.5 cm³/mol. The van der Waals surface area contributed by atoms with Gasteiger partial charge in [0.25, 0.3) is 0 Å². The van der Waals surface area contributed by atoms with Crippen LogP contribution in [0.25, 0.3) is 0 Å². The van der Waals surface area contributed by atoms with Crippen LogP contribution in [0, 0.1) is 12.8 Å². The van der Waals surface area contributed by atoms with Gasteiger partial charge in [0.15, 0.2) is 0 Å². The van der Waals surface area contributed by atoms with Crippen molar-refractivity contribution in [3.63, 3.8) is 0 Å². The number of benzene rings is 1. The number of amides is 1. The van der Waals surface area contributed by atoms with Gasteiger partial charge in [0, 0.05) is 5.92 Å². The van der Waals surface area contributed by atoms with Crippen LogP contribution in [0.2, 0.25) is 0 Å². The molecule has 0 bridgehead atoms. The molecule has 1 saturated carbocycles. The Hall–Kier alpha value is -1.64. The lowest BCUT2D eigenvalue weighted by Crippen LogP contribution is -2.28. The van der Waals surface area contributed by atoms with Crippen molar-refractivity contribution < 1.29 is 4.79 Å². The fourth-order valence-corrected chi connectivity index (χ4v) is 2.38. The summed E-state index contributed by atoms with van der Waals surface area (Å²) >= 11 is 0. The maximum atomic E-state index is 11.8. The van der Waals surface area contributed by atoms with Gasteiger partial charge in [-0.15, -0.1) is 0 Å². The summed E-state index contributed by atoms with van der Waals surface area (Å²) in [4.78, 5) is 11.8. The second-order valence-corrected chi connectivity index (χ2v) is 4.98. The standard InChI is InChI=1S/C15H20N2O/c1-12-6-5-7-13(10-12)11-16-17-15(18)14-8-3-2-4-9-14/h5-7,10-11,14H,2-4,8-9H2,1H3,(H,17,18). The van der Waals surface area contributed by atoms with Gasteiger partial charge < -0.3 is 0 Å². The molecule has 0 heterocycles. The number of carbonyl (C=O) groups is 1. The Balaban J connectivity index is 1.85. The van der Waals surface area contributed by atoms with E-state index in [0.717, 1.165) is 18.4 Å². The number of carbonyl (C=O) groups excluding carboxylic acids is 1. The van der Waals surface area contributed by atoms with E-state index in [0.29, 0.717) is 0 Å². The Morgan fingerprint density at radius 1 is 1.33 bits per heavy atom. The van der Waals surface area contributed by atoms with Gasteiger partial charge in [-0.2, -0.15) is 5.10 Å². The minimum Gasteiger partial charge on any atom is -0.273 e. The zero-order chi connectivity index (χ0) is 12.8. The molecule has 96 valence electrons. The molecule has 1 N–H and O–H groups in total. The number of hydrogen-bond donors (Lipinski definition) is 1. The largest absolute Gasteiger partial charge is 0.273 e. The molecule has 1 aliphatic rings. The minimum atomic E-state index is 0.0682. The maximum Gasteiger partial charge on any atom is 0.243 e. The van der Waals surface area contributed by atoms with E-state index in [4.69, 9.17) is 0 Å². The van der Waals surface area contributed by atoms with Crippen LogP contribution in [0.1, 0.15) is 43.2 Å². The fourth-order valence-electron chi connectivity index (χ4n) is 2.38. The zero-order valence-corrected chi connectivity index (χ0v) is 10.9. The molecule has 0 aliphatic heterocycles. The first kappa shape index (κ1) is 12.8. The van der Waals surface area contributed by atoms with Crippen LogP contribution < -0.4 is 5.43 Å². The number of hydrazone groups is 1. The lowest BCUT2D eigenvalue weighted by molar-refractivity contribution is -0.125. The van der Waals surface area contributed by atoms with Gasteiger partial charge in [-0.3, -0.25) is 4.79 Å². The molecule has 1 aromatic rings. The molecule has 1 aliphatic carbocycles. The van der Waals surface area contributed by atoms with Gasteiger partial charge in [-0.1, -0.05) is 49.1 Å². The number of nitrogens with zero attached hydrogens (tertiary/aromatic N) is 1. The van der Waals surface area contributed by atoms with Crippen molar-refractivity contribution in [3.8, 4) is 0 Å². The Bertz CT molecular complexity index is 434. The van der Waals surface area contributed by atoms with Crippen molar-refractivity contribution in [2.45, 2.75) is 39.0 Å². The van der Waals surface area contributed by atoms with Crippen molar-refractivity contribution in [2.24, 2.45) is 11.0 Å². The van der Waals surface area contributed by atoms with E-state index in [-0.39, 0.29) is 11.8 Å². The molecule has 0 aromatic heterocycles. The molecule has 0 saturated heterocycles. The Labute approximate surface area is 108 Å². The van der Waals surface area contributed by atoms with E-state index in [1.807, 2.05) is 31.2 Å². The first-order valence-electron chi connectivity index (χ1n) is 6.65. The van der Waals surface area contributed by atoms with Crippen LogP contribution >= 0.6 is 0 Å². The molecule has 3 nitrogen and oxygen atoms in total. The molecule has 2 rings (SSSR count). The van der Waals surface area contributed by atoms with Crippen molar-refractivity contribution >= 4 is 12.1 Å². The monoisotopic (exact) mass is 244 g/mol. The van der Waals surface area contributed by atoms with Crippen molar-refractivity contribution in [3.05, 3.63) is 35.4 Å².